The number of nitrogens with one attached hydrogen (secondary N) is 1. The molecule has 2 saturated carbocycles. The summed E-state index contributed by atoms with van der Waals surface area (Å²) in [5, 5.41) is 10.7. The summed E-state index contributed by atoms with van der Waals surface area (Å²) < 4.78 is 11.7. The maximum atomic E-state index is 13.8. The SMILES string of the molecule is COc1cc(C2c3sc(=O)[nH]c3SC3C4CC(C5C(=O)N(C(C(=O)O)C(C)C)C(=O)C45)C23)ccc1OCC(C)C. The van der Waals surface area contributed by atoms with E-state index in [-0.39, 0.29) is 45.6 Å². The van der Waals surface area contributed by atoms with Crippen molar-refractivity contribution in [2.24, 2.45) is 41.4 Å². The molecule has 40 heavy (non-hydrogen) atoms. The lowest BCUT2D eigenvalue weighted by Crippen LogP contribution is -2.49. The van der Waals surface area contributed by atoms with Crippen LogP contribution in [0.25, 0.3) is 0 Å². The summed E-state index contributed by atoms with van der Waals surface area (Å²) in [5.41, 5.74) is 0.976. The molecule has 1 aromatic heterocycles. The molecule has 2 bridgehead atoms. The Bertz CT molecular complexity index is 1430. The number of benzene rings is 1. The zero-order valence-electron chi connectivity index (χ0n) is 23.1. The fraction of sp³-hybridized carbons (Fsp3) is 0.586. The quantitative estimate of drug-likeness (QED) is 0.444. The van der Waals surface area contributed by atoms with Gasteiger partial charge in [-0.25, -0.2) is 4.79 Å². The monoisotopic (exact) mass is 586 g/mol. The van der Waals surface area contributed by atoms with Crippen molar-refractivity contribution in [3.8, 4) is 11.5 Å². The molecule has 0 spiro atoms. The first-order valence-electron chi connectivity index (χ1n) is 13.8. The number of thiazole rings is 1. The number of H-pyrrole nitrogens is 1. The van der Waals surface area contributed by atoms with Gasteiger partial charge in [0, 0.05) is 16.0 Å². The van der Waals surface area contributed by atoms with Gasteiger partial charge in [0.25, 0.3) is 0 Å². The van der Waals surface area contributed by atoms with E-state index >= 15 is 0 Å². The van der Waals surface area contributed by atoms with Crippen LogP contribution in [0, 0.1) is 41.4 Å². The zero-order chi connectivity index (χ0) is 28.6. The lowest BCUT2D eigenvalue weighted by molar-refractivity contribution is -0.157. The molecule has 4 aliphatic rings. The number of fused-ring (bicyclic) bond motifs is 9. The first-order valence-corrected chi connectivity index (χ1v) is 15.5. The normalized spacial score (nSPS) is 31.0. The number of methoxy groups -OCH3 is 1. The average molecular weight is 587 g/mol. The molecule has 9 nitrogen and oxygen atoms in total. The van der Waals surface area contributed by atoms with Crippen molar-refractivity contribution in [3.05, 3.63) is 38.3 Å². The Morgan fingerprint density at radius 2 is 1.80 bits per heavy atom. The Morgan fingerprint density at radius 1 is 1.10 bits per heavy atom. The van der Waals surface area contributed by atoms with Crippen molar-refractivity contribution < 1.29 is 29.0 Å². The number of nitrogens with zero attached hydrogens (tertiary/aromatic N) is 1. The van der Waals surface area contributed by atoms with E-state index in [2.05, 4.69) is 18.8 Å². The highest BCUT2D eigenvalue weighted by atomic mass is 32.2. The maximum absolute atomic E-state index is 13.8. The number of ether oxygens (including phenoxy) is 2. The number of carbonyl (C=O) groups excluding carboxylic acids is 2. The zero-order valence-corrected chi connectivity index (χ0v) is 24.7. The second kappa shape index (κ2) is 9.94. The molecular formula is C29H34N2O7S2. The summed E-state index contributed by atoms with van der Waals surface area (Å²) in [6.45, 7) is 8.16. The number of rotatable bonds is 8. The Labute approximate surface area is 240 Å². The summed E-state index contributed by atoms with van der Waals surface area (Å²) in [4.78, 5) is 57.0. The van der Waals surface area contributed by atoms with Gasteiger partial charge in [-0.3, -0.25) is 19.3 Å². The number of aromatic nitrogens is 1. The number of carbonyl (C=O) groups is 3. The topological polar surface area (TPSA) is 126 Å². The van der Waals surface area contributed by atoms with Crippen LogP contribution in [0.3, 0.4) is 0 Å². The molecule has 2 aliphatic heterocycles. The van der Waals surface area contributed by atoms with Crippen LogP contribution >= 0.6 is 23.1 Å². The van der Waals surface area contributed by atoms with Gasteiger partial charge in [-0.1, -0.05) is 45.1 Å². The van der Waals surface area contributed by atoms with Gasteiger partial charge in [0.1, 0.15) is 6.04 Å². The van der Waals surface area contributed by atoms with Crippen molar-refractivity contribution in [2.45, 2.75) is 56.4 Å². The second-order valence-electron chi connectivity index (χ2n) is 12.1. The van der Waals surface area contributed by atoms with Gasteiger partial charge in [0.2, 0.25) is 11.8 Å². The van der Waals surface area contributed by atoms with Crippen LogP contribution < -0.4 is 14.3 Å². The number of imide groups is 1. The number of aliphatic carboxylic acids is 1. The van der Waals surface area contributed by atoms with Gasteiger partial charge < -0.3 is 19.6 Å². The number of hydrogen-bond donors (Lipinski definition) is 2. The van der Waals surface area contributed by atoms with E-state index < -0.39 is 29.8 Å². The number of likely N-dealkylation sites (tertiary alicyclic amines) is 1. The largest absolute Gasteiger partial charge is 0.493 e. The van der Waals surface area contributed by atoms with E-state index in [9.17, 15) is 24.3 Å². The van der Waals surface area contributed by atoms with E-state index in [1.807, 2.05) is 18.2 Å². The summed E-state index contributed by atoms with van der Waals surface area (Å²) in [5.74, 6) is -1.99. The highest BCUT2D eigenvalue weighted by Gasteiger charge is 2.70. The number of carboxylic acid groups (broad SMARTS) is 1. The molecule has 2 aromatic rings. The van der Waals surface area contributed by atoms with Gasteiger partial charge >= 0.3 is 10.8 Å². The minimum absolute atomic E-state index is 0.0152. The molecule has 2 amide bonds. The lowest BCUT2D eigenvalue weighted by atomic mass is 9.68. The third kappa shape index (κ3) is 4.02. The van der Waals surface area contributed by atoms with Crippen molar-refractivity contribution in [1.29, 1.82) is 0 Å². The van der Waals surface area contributed by atoms with Gasteiger partial charge in [0.05, 0.1) is 30.6 Å². The van der Waals surface area contributed by atoms with Crippen LogP contribution in [0.5, 0.6) is 11.5 Å². The van der Waals surface area contributed by atoms with Crippen molar-refractivity contribution >= 4 is 40.9 Å². The fourth-order valence-corrected chi connectivity index (χ4v) is 10.5. The summed E-state index contributed by atoms with van der Waals surface area (Å²) in [7, 11) is 1.61. The van der Waals surface area contributed by atoms with Gasteiger partial charge in [-0.15, -0.1) is 11.8 Å². The second-order valence-corrected chi connectivity index (χ2v) is 14.4. The molecule has 2 aliphatic carbocycles. The molecular weight excluding hydrogens is 552 g/mol. The Morgan fingerprint density at radius 3 is 2.42 bits per heavy atom. The van der Waals surface area contributed by atoms with Crippen molar-refractivity contribution in [2.75, 3.05) is 13.7 Å². The highest BCUT2D eigenvalue weighted by Crippen LogP contribution is 2.68. The third-order valence-corrected chi connectivity index (χ3v) is 11.6. The number of hydrogen-bond acceptors (Lipinski definition) is 8. The van der Waals surface area contributed by atoms with Crippen LogP contribution in [-0.4, -0.2) is 57.8 Å². The van der Waals surface area contributed by atoms with Gasteiger partial charge in [0.15, 0.2) is 11.5 Å². The first-order chi connectivity index (χ1) is 19.0. The molecule has 8 unspecified atom stereocenters. The van der Waals surface area contributed by atoms with Crippen molar-refractivity contribution in [3.63, 3.8) is 0 Å². The molecule has 6 rings (SSSR count). The molecule has 1 saturated heterocycles. The standard InChI is InChI=1S/C29H34N2O7S2/c1-11(2)10-38-16-7-6-13(8-17(16)37-5)18-19-14-9-15(23(19)39-25-24(18)40-29(36)30-25)21-20(14)26(32)31(27(21)33)22(12(3)4)28(34)35/h6-8,11-12,14-15,18-23H,9-10H2,1-5H3,(H,30,36)(H,34,35). The van der Waals surface area contributed by atoms with E-state index in [1.165, 1.54) is 11.3 Å². The molecule has 214 valence electrons. The van der Waals surface area contributed by atoms with Gasteiger partial charge in [-0.05, 0) is 53.7 Å². The smallest absolute Gasteiger partial charge is 0.327 e. The van der Waals surface area contributed by atoms with E-state index in [0.717, 1.165) is 26.8 Å². The predicted octanol–water partition coefficient (Wildman–Crippen LogP) is 4.06. The van der Waals surface area contributed by atoms with Gasteiger partial charge in [-0.2, -0.15) is 0 Å². The maximum Gasteiger partial charge on any atom is 0.327 e. The molecule has 2 N–H and O–H groups in total. The van der Waals surface area contributed by atoms with E-state index in [0.29, 0.717) is 24.0 Å². The minimum Gasteiger partial charge on any atom is -0.493 e. The highest BCUT2D eigenvalue weighted by molar-refractivity contribution is 8.00. The van der Waals surface area contributed by atoms with Crippen LogP contribution in [-0.2, 0) is 14.4 Å². The molecule has 3 heterocycles. The Hall–Kier alpha value is -2.79. The number of amides is 2. The molecule has 0 radical (unpaired) electrons. The summed E-state index contributed by atoms with van der Waals surface area (Å²) in [6.07, 6.45) is 0.741. The first kappa shape index (κ1) is 27.4. The number of carboxylic acids is 1. The molecule has 1 aromatic carbocycles. The molecule has 11 heteroatoms. The Kier molecular flexibility index (Phi) is 6.80. The van der Waals surface area contributed by atoms with Crippen molar-refractivity contribution in [1.82, 2.24) is 9.88 Å². The minimum atomic E-state index is -1.17. The van der Waals surface area contributed by atoms with Crippen LogP contribution in [0.15, 0.2) is 28.0 Å². The van der Waals surface area contributed by atoms with Crippen LogP contribution in [0.1, 0.15) is 50.5 Å². The average Bonchev–Trinajstić information content (AvgIpc) is 3.62. The number of aromatic amines is 1. The summed E-state index contributed by atoms with van der Waals surface area (Å²) >= 11 is 2.81. The third-order valence-electron chi connectivity index (χ3n) is 9.04. The Balaban J connectivity index is 1.41. The predicted molar refractivity (Wildman–Crippen MR) is 150 cm³/mol. The lowest BCUT2D eigenvalue weighted by Gasteiger charge is -2.43. The molecule has 8 atom stereocenters. The summed E-state index contributed by atoms with van der Waals surface area (Å²) in [6, 6.07) is 4.72. The molecule has 3 fully saturated rings. The fourth-order valence-electron chi connectivity index (χ4n) is 7.63. The van der Waals surface area contributed by atoms with E-state index in [1.54, 1.807) is 32.7 Å². The van der Waals surface area contributed by atoms with Crippen LogP contribution in [0.2, 0.25) is 0 Å². The number of thioether (sulfide) groups is 1. The van der Waals surface area contributed by atoms with E-state index in [4.69, 9.17) is 9.47 Å². The van der Waals surface area contributed by atoms with Crippen LogP contribution in [0.4, 0.5) is 0 Å².